The molecule has 0 amide bonds. The molecule has 4 nitrogen and oxygen atoms in total. The van der Waals surface area contributed by atoms with Crippen molar-refractivity contribution in [3.8, 4) is 0 Å². The number of fused-ring (bicyclic) bond motifs is 2. The number of aromatic nitrogens is 1. The quantitative estimate of drug-likeness (QED) is 0.422. The van der Waals surface area contributed by atoms with Gasteiger partial charge in [-0.25, -0.2) is 0 Å². The van der Waals surface area contributed by atoms with Crippen molar-refractivity contribution in [1.82, 2.24) is 9.88 Å². The van der Waals surface area contributed by atoms with E-state index < -0.39 is 0 Å². The lowest BCUT2D eigenvalue weighted by Gasteiger charge is -2.36. The van der Waals surface area contributed by atoms with Gasteiger partial charge >= 0.3 is 0 Å². The van der Waals surface area contributed by atoms with Gasteiger partial charge in [0, 0.05) is 71.3 Å². The lowest BCUT2D eigenvalue weighted by atomic mass is 10.1. The SMILES string of the molecule is Cc1ccc2cccc(N3CCN(CCC(=O)c4csc5ccccc45)CC3)c2n1. The van der Waals surface area contributed by atoms with Gasteiger partial charge in [-0.2, -0.15) is 0 Å². The molecule has 152 valence electrons. The summed E-state index contributed by atoms with van der Waals surface area (Å²) < 4.78 is 1.19. The van der Waals surface area contributed by atoms with E-state index in [0.717, 1.165) is 54.9 Å². The Morgan fingerprint density at radius 2 is 1.83 bits per heavy atom. The summed E-state index contributed by atoms with van der Waals surface area (Å²) in [6, 6.07) is 18.8. The number of anilines is 1. The minimum Gasteiger partial charge on any atom is -0.367 e. The number of Topliss-reactive ketones (excluding diaryl/α,β-unsaturated/α-hetero) is 1. The zero-order valence-corrected chi connectivity index (χ0v) is 18.0. The molecule has 5 heteroatoms. The van der Waals surface area contributed by atoms with Crippen molar-refractivity contribution in [2.24, 2.45) is 0 Å². The number of nitrogens with zero attached hydrogens (tertiary/aromatic N) is 3. The smallest absolute Gasteiger partial charge is 0.165 e. The third-order valence-corrected chi connectivity index (χ3v) is 6.95. The Balaban J connectivity index is 1.22. The van der Waals surface area contributed by atoms with Gasteiger partial charge in [0.25, 0.3) is 0 Å². The van der Waals surface area contributed by atoms with Crippen LogP contribution in [0, 0.1) is 6.92 Å². The van der Waals surface area contributed by atoms with Crippen molar-refractivity contribution in [3.63, 3.8) is 0 Å². The molecule has 1 fully saturated rings. The minimum absolute atomic E-state index is 0.253. The molecule has 30 heavy (non-hydrogen) atoms. The summed E-state index contributed by atoms with van der Waals surface area (Å²) in [7, 11) is 0. The van der Waals surface area contributed by atoms with Crippen molar-refractivity contribution in [3.05, 3.63) is 71.2 Å². The molecule has 0 aliphatic carbocycles. The highest BCUT2D eigenvalue weighted by atomic mass is 32.1. The minimum atomic E-state index is 0.253. The van der Waals surface area contributed by atoms with Crippen molar-refractivity contribution in [1.29, 1.82) is 0 Å². The Morgan fingerprint density at radius 3 is 2.70 bits per heavy atom. The maximum Gasteiger partial charge on any atom is 0.165 e. The topological polar surface area (TPSA) is 36.4 Å². The fourth-order valence-corrected chi connectivity index (χ4v) is 5.25. The lowest BCUT2D eigenvalue weighted by molar-refractivity contribution is 0.0964. The number of para-hydroxylation sites is 1. The molecule has 0 bridgehead atoms. The summed E-state index contributed by atoms with van der Waals surface area (Å²) in [5.74, 6) is 0.253. The van der Waals surface area contributed by atoms with E-state index in [2.05, 4.69) is 52.3 Å². The summed E-state index contributed by atoms with van der Waals surface area (Å²) in [6.45, 7) is 6.74. The number of thiophene rings is 1. The van der Waals surface area contributed by atoms with Crippen LogP contribution >= 0.6 is 11.3 Å². The average Bonchev–Trinajstić information content (AvgIpc) is 3.22. The Kier molecular flexibility index (Phi) is 5.23. The van der Waals surface area contributed by atoms with E-state index in [1.165, 1.54) is 15.8 Å². The number of ketones is 1. The Bertz CT molecular complexity index is 1210. The van der Waals surface area contributed by atoms with Crippen LogP contribution in [-0.2, 0) is 0 Å². The van der Waals surface area contributed by atoms with E-state index in [1.54, 1.807) is 11.3 Å². The van der Waals surface area contributed by atoms with Crippen molar-refractivity contribution in [2.75, 3.05) is 37.6 Å². The molecule has 2 aromatic carbocycles. The highest BCUT2D eigenvalue weighted by molar-refractivity contribution is 7.17. The van der Waals surface area contributed by atoms with Gasteiger partial charge in [-0.05, 0) is 25.1 Å². The first-order valence-electron chi connectivity index (χ1n) is 10.5. The highest BCUT2D eigenvalue weighted by Crippen LogP contribution is 2.28. The standard InChI is InChI=1S/C25H25N3OS/c1-18-9-10-19-5-4-7-22(25(19)26-18)28-15-13-27(14-16-28)12-11-23(29)21-17-30-24-8-3-2-6-20(21)24/h2-10,17H,11-16H2,1H3. The predicted molar refractivity (Wildman–Crippen MR) is 126 cm³/mol. The number of hydrogen-bond donors (Lipinski definition) is 0. The first-order chi connectivity index (χ1) is 14.7. The Labute approximate surface area is 180 Å². The van der Waals surface area contributed by atoms with Crippen LogP contribution in [-0.4, -0.2) is 48.4 Å². The van der Waals surface area contributed by atoms with Crippen LogP contribution in [0.1, 0.15) is 22.5 Å². The molecule has 1 aliphatic heterocycles. The number of carbonyl (C=O) groups is 1. The Hall–Kier alpha value is -2.76. The third-order valence-electron chi connectivity index (χ3n) is 5.99. The first-order valence-corrected chi connectivity index (χ1v) is 11.4. The normalized spacial score (nSPS) is 15.2. The first kappa shape index (κ1) is 19.2. The van der Waals surface area contributed by atoms with Crippen molar-refractivity contribution >= 4 is 43.8 Å². The fraction of sp³-hybridized carbons (Fsp3) is 0.280. The van der Waals surface area contributed by atoms with Crippen LogP contribution in [0.15, 0.2) is 60.0 Å². The van der Waals surface area contributed by atoms with Gasteiger partial charge in [-0.3, -0.25) is 14.7 Å². The summed E-state index contributed by atoms with van der Waals surface area (Å²) in [5, 5.41) is 4.30. The van der Waals surface area contributed by atoms with Crippen LogP contribution in [0.4, 0.5) is 5.69 Å². The average molecular weight is 416 g/mol. The number of rotatable bonds is 5. The van der Waals surface area contributed by atoms with Gasteiger partial charge in [0.2, 0.25) is 0 Å². The van der Waals surface area contributed by atoms with Gasteiger partial charge < -0.3 is 4.90 Å². The molecule has 1 aliphatic rings. The highest BCUT2D eigenvalue weighted by Gasteiger charge is 2.20. The van der Waals surface area contributed by atoms with E-state index in [4.69, 9.17) is 4.98 Å². The number of pyridine rings is 1. The number of aryl methyl sites for hydroxylation is 1. The lowest BCUT2D eigenvalue weighted by Crippen LogP contribution is -2.47. The number of carbonyl (C=O) groups excluding carboxylic acids is 1. The molecule has 2 aromatic heterocycles. The maximum atomic E-state index is 12.8. The monoisotopic (exact) mass is 415 g/mol. The summed E-state index contributed by atoms with van der Waals surface area (Å²) in [5.41, 5.74) is 4.24. The molecular formula is C25H25N3OS. The molecule has 0 unspecified atom stereocenters. The zero-order valence-electron chi connectivity index (χ0n) is 17.2. The number of hydrogen-bond acceptors (Lipinski definition) is 5. The third kappa shape index (κ3) is 3.71. The number of piperazine rings is 1. The predicted octanol–water partition coefficient (Wildman–Crippen LogP) is 5.15. The molecule has 0 radical (unpaired) electrons. The molecule has 5 rings (SSSR count). The van der Waals surface area contributed by atoms with Crippen molar-refractivity contribution in [2.45, 2.75) is 13.3 Å². The zero-order chi connectivity index (χ0) is 20.5. The van der Waals surface area contributed by atoms with Crippen LogP contribution in [0.3, 0.4) is 0 Å². The largest absolute Gasteiger partial charge is 0.367 e. The molecule has 0 atom stereocenters. The molecule has 0 spiro atoms. The molecule has 0 N–H and O–H groups in total. The maximum absolute atomic E-state index is 12.8. The second kappa shape index (κ2) is 8.17. The van der Waals surface area contributed by atoms with E-state index >= 15 is 0 Å². The van der Waals surface area contributed by atoms with Crippen LogP contribution in [0.5, 0.6) is 0 Å². The van der Waals surface area contributed by atoms with Gasteiger partial charge in [-0.1, -0.05) is 36.4 Å². The van der Waals surface area contributed by atoms with E-state index in [0.29, 0.717) is 6.42 Å². The fourth-order valence-electron chi connectivity index (χ4n) is 4.28. The molecule has 4 aromatic rings. The molecular weight excluding hydrogens is 390 g/mol. The van der Waals surface area contributed by atoms with Crippen LogP contribution < -0.4 is 4.90 Å². The van der Waals surface area contributed by atoms with E-state index in [1.807, 2.05) is 24.4 Å². The van der Waals surface area contributed by atoms with Crippen molar-refractivity contribution < 1.29 is 4.79 Å². The molecule has 1 saturated heterocycles. The molecule has 3 heterocycles. The summed E-state index contributed by atoms with van der Waals surface area (Å²) in [4.78, 5) is 22.4. The van der Waals surface area contributed by atoms with Gasteiger partial charge in [0.05, 0.1) is 11.2 Å². The number of benzene rings is 2. The van der Waals surface area contributed by atoms with Crippen LogP contribution in [0.25, 0.3) is 21.0 Å². The Morgan fingerprint density at radius 1 is 1.00 bits per heavy atom. The van der Waals surface area contributed by atoms with Crippen LogP contribution in [0.2, 0.25) is 0 Å². The van der Waals surface area contributed by atoms with Gasteiger partial charge in [0.15, 0.2) is 5.78 Å². The van der Waals surface area contributed by atoms with E-state index in [9.17, 15) is 4.79 Å². The second-order valence-electron chi connectivity index (χ2n) is 7.95. The van der Waals surface area contributed by atoms with Gasteiger partial charge in [-0.15, -0.1) is 11.3 Å². The van der Waals surface area contributed by atoms with Gasteiger partial charge in [0.1, 0.15) is 0 Å². The van der Waals surface area contributed by atoms with E-state index in [-0.39, 0.29) is 5.78 Å². The summed E-state index contributed by atoms with van der Waals surface area (Å²) >= 11 is 1.66. The summed E-state index contributed by atoms with van der Waals surface area (Å²) in [6.07, 6.45) is 0.579. The molecule has 0 saturated carbocycles. The second-order valence-corrected chi connectivity index (χ2v) is 8.86.